The minimum Gasteiger partial charge on any atom is -0.352 e. The summed E-state index contributed by atoms with van der Waals surface area (Å²) < 4.78 is 0. The fourth-order valence-corrected chi connectivity index (χ4v) is 4.20. The van der Waals surface area contributed by atoms with Crippen LogP contribution in [0.5, 0.6) is 0 Å². The number of amides is 2. The predicted molar refractivity (Wildman–Crippen MR) is 113 cm³/mol. The van der Waals surface area contributed by atoms with Gasteiger partial charge in [-0.25, -0.2) is 9.97 Å². The Morgan fingerprint density at radius 3 is 2.80 bits per heavy atom. The summed E-state index contributed by atoms with van der Waals surface area (Å²) >= 11 is 0. The minimum atomic E-state index is -0.0788. The van der Waals surface area contributed by atoms with Crippen LogP contribution in [0.3, 0.4) is 0 Å². The zero-order valence-electron chi connectivity index (χ0n) is 17.7. The largest absolute Gasteiger partial charge is 0.352 e. The molecular formula is C23H29N5O2. The molecule has 1 aliphatic heterocycles. The highest BCUT2D eigenvalue weighted by Gasteiger charge is 2.25. The van der Waals surface area contributed by atoms with Crippen molar-refractivity contribution in [1.82, 2.24) is 25.2 Å². The van der Waals surface area contributed by atoms with Gasteiger partial charge in [-0.15, -0.1) is 0 Å². The molecule has 2 aromatic heterocycles. The van der Waals surface area contributed by atoms with Crippen LogP contribution in [0.15, 0.2) is 24.5 Å². The molecule has 7 heteroatoms. The summed E-state index contributed by atoms with van der Waals surface area (Å²) in [5, 5.41) is 3.05. The second-order valence-corrected chi connectivity index (χ2v) is 8.58. The molecule has 1 N–H and O–H groups in total. The van der Waals surface area contributed by atoms with E-state index in [4.69, 9.17) is 0 Å². The number of rotatable bonds is 5. The van der Waals surface area contributed by atoms with E-state index in [1.807, 2.05) is 24.9 Å². The van der Waals surface area contributed by atoms with Gasteiger partial charge in [-0.2, -0.15) is 0 Å². The first-order chi connectivity index (χ1) is 14.5. The van der Waals surface area contributed by atoms with Crippen molar-refractivity contribution in [1.29, 1.82) is 0 Å². The summed E-state index contributed by atoms with van der Waals surface area (Å²) in [7, 11) is 0. The Bertz CT molecular complexity index is 937. The van der Waals surface area contributed by atoms with Gasteiger partial charge in [0.1, 0.15) is 11.5 Å². The van der Waals surface area contributed by atoms with Crippen LogP contribution >= 0.6 is 0 Å². The van der Waals surface area contributed by atoms with Crippen LogP contribution in [-0.4, -0.2) is 38.2 Å². The summed E-state index contributed by atoms with van der Waals surface area (Å²) in [6, 6.07) is 3.74. The van der Waals surface area contributed by atoms with Crippen molar-refractivity contribution in [3.8, 4) is 0 Å². The van der Waals surface area contributed by atoms with Crippen LogP contribution in [-0.2, 0) is 24.3 Å². The summed E-state index contributed by atoms with van der Waals surface area (Å²) in [4.78, 5) is 40.4. The van der Waals surface area contributed by atoms with Crippen LogP contribution in [0, 0.1) is 5.92 Å². The number of nitrogens with one attached hydrogen (secondary N) is 1. The first-order valence-electron chi connectivity index (χ1n) is 10.9. The number of carbonyl (C=O) groups is 2. The fourth-order valence-electron chi connectivity index (χ4n) is 4.20. The number of pyridine rings is 1. The minimum absolute atomic E-state index is 0.0788. The Hall–Kier alpha value is -2.83. The number of carbonyl (C=O) groups excluding carboxylic acids is 2. The van der Waals surface area contributed by atoms with Crippen molar-refractivity contribution in [2.24, 2.45) is 5.92 Å². The molecule has 1 fully saturated rings. The van der Waals surface area contributed by atoms with Gasteiger partial charge in [0.15, 0.2) is 0 Å². The Morgan fingerprint density at radius 1 is 1.23 bits per heavy atom. The Morgan fingerprint density at radius 2 is 2.03 bits per heavy atom. The van der Waals surface area contributed by atoms with Gasteiger partial charge < -0.3 is 10.2 Å². The second kappa shape index (κ2) is 8.90. The van der Waals surface area contributed by atoms with E-state index in [-0.39, 0.29) is 23.7 Å². The lowest BCUT2D eigenvalue weighted by Gasteiger charge is -2.28. The first kappa shape index (κ1) is 20.4. The fraction of sp³-hybridized carbons (Fsp3) is 0.522. The molecule has 0 aromatic carbocycles. The number of nitrogens with zero attached hydrogens (tertiary/aromatic N) is 4. The standard InChI is InChI=1S/C23H29N5O2/c1-15(2)21-24-9-7-20(27-21)23(30)28-10-8-19-18(14-28)11-16(12-25-19)13-26-22(29)17-5-3-4-6-17/h7,9,11-12,15,17H,3-6,8,10,13-14H2,1-2H3,(H,26,29). The molecule has 4 rings (SSSR count). The zero-order chi connectivity index (χ0) is 21.1. The van der Waals surface area contributed by atoms with Crippen LogP contribution in [0.1, 0.15) is 78.6 Å². The molecule has 1 aliphatic carbocycles. The van der Waals surface area contributed by atoms with Crippen molar-refractivity contribution in [3.63, 3.8) is 0 Å². The lowest BCUT2D eigenvalue weighted by Crippen LogP contribution is -2.37. The highest BCUT2D eigenvalue weighted by atomic mass is 16.2. The van der Waals surface area contributed by atoms with Gasteiger partial charge in [-0.3, -0.25) is 14.6 Å². The van der Waals surface area contributed by atoms with Crippen LogP contribution < -0.4 is 5.32 Å². The van der Waals surface area contributed by atoms with E-state index in [0.717, 1.165) is 48.9 Å². The van der Waals surface area contributed by atoms with E-state index >= 15 is 0 Å². The summed E-state index contributed by atoms with van der Waals surface area (Å²) in [5.41, 5.74) is 3.47. The van der Waals surface area contributed by atoms with E-state index in [0.29, 0.717) is 31.2 Å². The van der Waals surface area contributed by atoms with Crippen molar-refractivity contribution in [3.05, 3.63) is 52.9 Å². The molecular weight excluding hydrogens is 378 g/mol. The number of hydrogen-bond donors (Lipinski definition) is 1. The molecule has 0 unspecified atom stereocenters. The normalized spacial score (nSPS) is 16.6. The van der Waals surface area contributed by atoms with Crippen molar-refractivity contribution >= 4 is 11.8 Å². The first-order valence-corrected chi connectivity index (χ1v) is 10.9. The third kappa shape index (κ3) is 4.50. The molecule has 2 aromatic rings. The maximum absolute atomic E-state index is 13.0. The highest BCUT2D eigenvalue weighted by Crippen LogP contribution is 2.25. The van der Waals surface area contributed by atoms with E-state index in [2.05, 4.69) is 26.3 Å². The van der Waals surface area contributed by atoms with Gasteiger partial charge >= 0.3 is 0 Å². The van der Waals surface area contributed by atoms with Crippen molar-refractivity contribution < 1.29 is 9.59 Å². The lowest BCUT2D eigenvalue weighted by atomic mass is 10.0. The maximum atomic E-state index is 13.0. The Labute approximate surface area is 177 Å². The molecule has 1 saturated carbocycles. The molecule has 7 nitrogen and oxygen atoms in total. The molecule has 0 saturated heterocycles. The number of hydrogen-bond acceptors (Lipinski definition) is 5. The van der Waals surface area contributed by atoms with Crippen LogP contribution in [0.25, 0.3) is 0 Å². The van der Waals surface area contributed by atoms with E-state index < -0.39 is 0 Å². The van der Waals surface area contributed by atoms with E-state index in [9.17, 15) is 9.59 Å². The summed E-state index contributed by atoms with van der Waals surface area (Å²) in [6.45, 7) is 5.64. The third-order valence-electron chi connectivity index (χ3n) is 5.99. The number of fused-ring (bicyclic) bond motifs is 1. The monoisotopic (exact) mass is 407 g/mol. The average molecular weight is 408 g/mol. The van der Waals surface area contributed by atoms with Crippen molar-refractivity contribution in [2.45, 2.75) is 65.0 Å². The molecule has 0 radical (unpaired) electrons. The topological polar surface area (TPSA) is 88.1 Å². The molecule has 30 heavy (non-hydrogen) atoms. The molecule has 0 atom stereocenters. The molecule has 3 heterocycles. The van der Waals surface area contributed by atoms with Gasteiger partial charge in [0.05, 0.1) is 0 Å². The molecule has 158 valence electrons. The lowest BCUT2D eigenvalue weighted by molar-refractivity contribution is -0.124. The molecule has 0 spiro atoms. The maximum Gasteiger partial charge on any atom is 0.272 e. The quantitative estimate of drug-likeness (QED) is 0.823. The van der Waals surface area contributed by atoms with E-state index in [1.54, 1.807) is 12.3 Å². The van der Waals surface area contributed by atoms with Crippen LogP contribution in [0.2, 0.25) is 0 Å². The van der Waals surface area contributed by atoms with Crippen molar-refractivity contribution in [2.75, 3.05) is 6.54 Å². The smallest absolute Gasteiger partial charge is 0.272 e. The predicted octanol–water partition coefficient (Wildman–Crippen LogP) is 3.00. The van der Waals surface area contributed by atoms with Crippen LogP contribution in [0.4, 0.5) is 0 Å². The molecule has 0 bridgehead atoms. The Kier molecular flexibility index (Phi) is 6.06. The zero-order valence-corrected chi connectivity index (χ0v) is 17.7. The Balaban J connectivity index is 1.42. The van der Waals surface area contributed by atoms with E-state index in [1.165, 1.54) is 0 Å². The highest BCUT2D eigenvalue weighted by molar-refractivity contribution is 5.92. The molecule has 2 amide bonds. The van der Waals surface area contributed by atoms with Gasteiger partial charge in [0, 0.05) is 56.0 Å². The van der Waals surface area contributed by atoms with Gasteiger partial charge in [0.2, 0.25) is 5.91 Å². The van der Waals surface area contributed by atoms with Gasteiger partial charge in [-0.05, 0) is 36.1 Å². The third-order valence-corrected chi connectivity index (χ3v) is 5.99. The average Bonchev–Trinajstić information content (AvgIpc) is 3.31. The summed E-state index contributed by atoms with van der Waals surface area (Å²) in [5.74, 6) is 1.08. The van der Waals surface area contributed by atoms with Gasteiger partial charge in [-0.1, -0.05) is 26.7 Å². The SMILES string of the molecule is CC(C)c1nccc(C(=O)N2CCc3ncc(CNC(=O)C4CCCC4)cc3C2)n1. The molecule has 2 aliphatic rings. The number of aromatic nitrogens is 3. The summed E-state index contributed by atoms with van der Waals surface area (Å²) in [6.07, 6.45) is 8.49. The second-order valence-electron chi connectivity index (χ2n) is 8.58. The van der Waals surface area contributed by atoms with Gasteiger partial charge in [0.25, 0.3) is 5.91 Å².